The number of hydrogen-bond donors (Lipinski definition) is 6. The number of aliphatic hydroxyl groups excluding tert-OH is 3. The summed E-state index contributed by atoms with van der Waals surface area (Å²) < 4.78 is 14.7. The average Bonchev–Trinajstić information content (AvgIpc) is 2.95. The van der Waals surface area contributed by atoms with Gasteiger partial charge in [0.25, 0.3) is 0 Å². The standard InChI is InChI=1S/C4H11NO3.C3H7O4P/c5-4(1-6,2-7)3-8;1-2-3(7-2)8(4,5)6/h6-8H,1-3,5H2;2-3H,1H3,(H2,4,5,6)/t;2-,3-/m.1/s1. The summed E-state index contributed by atoms with van der Waals surface area (Å²) in [5.41, 5.74) is 3.94. The molecule has 7 N–H and O–H groups in total. The average molecular weight is 259 g/mol. The van der Waals surface area contributed by atoms with Crippen molar-refractivity contribution < 1.29 is 34.4 Å². The van der Waals surface area contributed by atoms with Gasteiger partial charge in [-0.05, 0) is 6.92 Å². The van der Waals surface area contributed by atoms with Gasteiger partial charge in [0, 0.05) is 0 Å². The number of ether oxygens (including phenoxy) is 1. The maximum absolute atomic E-state index is 10.2. The lowest BCUT2D eigenvalue weighted by Crippen LogP contribution is -2.50. The maximum Gasteiger partial charge on any atom is 0.356 e. The third-order valence-corrected chi connectivity index (χ3v) is 3.16. The molecule has 0 aromatic heterocycles. The number of rotatable bonds is 4. The van der Waals surface area contributed by atoms with E-state index >= 15 is 0 Å². The molecule has 0 bridgehead atoms. The highest BCUT2D eigenvalue weighted by Crippen LogP contribution is 2.52. The van der Waals surface area contributed by atoms with Gasteiger partial charge < -0.3 is 35.6 Å². The Morgan fingerprint density at radius 1 is 1.25 bits per heavy atom. The van der Waals surface area contributed by atoms with E-state index in [1.807, 2.05) is 0 Å². The van der Waals surface area contributed by atoms with Crippen LogP contribution in [-0.4, -0.2) is 62.4 Å². The molecule has 0 aromatic carbocycles. The van der Waals surface area contributed by atoms with Crippen LogP contribution in [0.15, 0.2) is 0 Å². The zero-order valence-corrected chi connectivity index (χ0v) is 9.75. The molecule has 0 aromatic rings. The van der Waals surface area contributed by atoms with Crippen molar-refractivity contribution in [3.63, 3.8) is 0 Å². The minimum Gasteiger partial charge on any atom is -0.394 e. The Kier molecular flexibility index (Phi) is 6.02. The predicted molar refractivity (Wildman–Crippen MR) is 54.6 cm³/mol. The summed E-state index contributed by atoms with van der Waals surface area (Å²) in [6, 6.07) is 0. The van der Waals surface area contributed by atoms with Crippen molar-refractivity contribution >= 4 is 7.60 Å². The molecule has 2 atom stereocenters. The number of epoxide rings is 1. The van der Waals surface area contributed by atoms with Crippen LogP contribution in [0.25, 0.3) is 0 Å². The summed E-state index contributed by atoms with van der Waals surface area (Å²) in [6.07, 6.45) is -0.254. The molecule has 0 spiro atoms. The van der Waals surface area contributed by atoms with Gasteiger partial charge in [0.15, 0.2) is 5.85 Å². The van der Waals surface area contributed by atoms with Crippen LogP contribution < -0.4 is 5.73 Å². The van der Waals surface area contributed by atoms with Crippen molar-refractivity contribution in [2.45, 2.75) is 24.4 Å². The van der Waals surface area contributed by atoms with Crippen LogP contribution in [0.4, 0.5) is 0 Å². The Morgan fingerprint density at radius 2 is 1.56 bits per heavy atom. The quantitative estimate of drug-likeness (QED) is 0.240. The van der Waals surface area contributed by atoms with Gasteiger partial charge in [-0.3, -0.25) is 4.57 Å². The van der Waals surface area contributed by atoms with Crippen LogP contribution in [0, 0.1) is 0 Å². The van der Waals surface area contributed by atoms with Crippen LogP contribution in [0.5, 0.6) is 0 Å². The second-order valence-corrected chi connectivity index (χ2v) is 5.34. The van der Waals surface area contributed by atoms with E-state index in [1.54, 1.807) is 6.92 Å². The first-order valence-electron chi connectivity index (χ1n) is 4.52. The zero-order valence-electron chi connectivity index (χ0n) is 8.85. The van der Waals surface area contributed by atoms with E-state index in [0.29, 0.717) is 0 Å². The van der Waals surface area contributed by atoms with Gasteiger partial charge in [-0.2, -0.15) is 0 Å². The lowest BCUT2D eigenvalue weighted by Gasteiger charge is -2.20. The zero-order chi connectivity index (χ0) is 13.0. The molecule has 0 unspecified atom stereocenters. The van der Waals surface area contributed by atoms with Gasteiger partial charge in [0.1, 0.15) is 0 Å². The molecule has 98 valence electrons. The van der Waals surface area contributed by atoms with Crippen molar-refractivity contribution in [3.05, 3.63) is 0 Å². The lowest BCUT2D eigenvalue weighted by molar-refractivity contribution is 0.0697. The minimum absolute atomic E-state index is 0.254. The van der Waals surface area contributed by atoms with E-state index in [4.69, 9.17) is 30.8 Å². The highest BCUT2D eigenvalue weighted by Gasteiger charge is 2.48. The van der Waals surface area contributed by atoms with Crippen LogP contribution in [0.3, 0.4) is 0 Å². The van der Waals surface area contributed by atoms with Crippen molar-refractivity contribution in [1.29, 1.82) is 0 Å². The molecule has 16 heavy (non-hydrogen) atoms. The van der Waals surface area contributed by atoms with E-state index in [9.17, 15) is 4.57 Å². The monoisotopic (exact) mass is 259 g/mol. The third-order valence-electron chi connectivity index (χ3n) is 1.96. The van der Waals surface area contributed by atoms with Crippen molar-refractivity contribution in [1.82, 2.24) is 0 Å². The van der Waals surface area contributed by atoms with Gasteiger partial charge in [0.05, 0.1) is 31.5 Å². The lowest BCUT2D eigenvalue weighted by atomic mass is 10.1. The van der Waals surface area contributed by atoms with Gasteiger partial charge in [-0.15, -0.1) is 0 Å². The Morgan fingerprint density at radius 3 is 1.56 bits per heavy atom. The van der Waals surface area contributed by atoms with E-state index in [2.05, 4.69) is 4.74 Å². The molecular formula is C7H18NO7P. The Balaban J connectivity index is 0.000000281. The SMILES string of the molecule is C[C@H]1O[C@@H]1P(=O)(O)O.NC(CO)(CO)CO. The second kappa shape index (κ2) is 6.04. The molecule has 8 nitrogen and oxygen atoms in total. The van der Waals surface area contributed by atoms with Crippen LogP contribution in [0.1, 0.15) is 6.92 Å². The smallest absolute Gasteiger partial charge is 0.356 e. The van der Waals surface area contributed by atoms with Gasteiger partial charge in [0.2, 0.25) is 0 Å². The molecule has 0 amide bonds. The molecular weight excluding hydrogens is 241 g/mol. The molecule has 1 aliphatic heterocycles. The van der Waals surface area contributed by atoms with Crippen LogP contribution in [0.2, 0.25) is 0 Å². The van der Waals surface area contributed by atoms with Crippen LogP contribution >= 0.6 is 7.60 Å². The highest BCUT2D eigenvalue weighted by atomic mass is 31.2. The first-order valence-corrected chi connectivity index (χ1v) is 6.20. The van der Waals surface area contributed by atoms with Gasteiger partial charge in [-0.1, -0.05) is 0 Å². The summed E-state index contributed by atoms with van der Waals surface area (Å²) in [5.74, 6) is -0.817. The number of nitrogens with two attached hydrogens (primary N) is 1. The molecule has 1 saturated heterocycles. The van der Waals surface area contributed by atoms with Crippen molar-refractivity contribution in [3.8, 4) is 0 Å². The molecule has 0 saturated carbocycles. The number of hydrogen-bond acceptors (Lipinski definition) is 6. The van der Waals surface area contributed by atoms with Crippen LogP contribution in [-0.2, 0) is 9.30 Å². The first-order chi connectivity index (χ1) is 7.20. The summed E-state index contributed by atoms with van der Waals surface area (Å²) >= 11 is 0. The number of aliphatic hydroxyl groups is 3. The molecule has 9 heteroatoms. The Labute approximate surface area is 92.8 Å². The summed E-state index contributed by atoms with van der Waals surface area (Å²) in [5, 5.41) is 25.0. The van der Waals surface area contributed by atoms with E-state index in [-0.39, 0.29) is 6.10 Å². The topological polar surface area (TPSA) is 157 Å². The largest absolute Gasteiger partial charge is 0.394 e. The summed E-state index contributed by atoms with van der Waals surface area (Å²) in [7, 11) is -3.90. The normalized spacial score (nSPS) is 24.7. The predicted octanol–water partition coefficient (Wildman–Crippen LogP) is -2.43. The molecule has 1 fully saturated rings. The third kappa shape index (κ3) is 5.33. The summed E-state index contributed by atoms with van der Waals surface area (Å²) in [4.78, 5) is 16.6. The minimum atomic E-state index is -3.90. The van der Waals surface area contributed by atoms with E-state index in [1.165, 1.54) is 0 Å². The first kappa shape index (κ1) is 16.0. The van der Waals surface area contributed by atoms with Crippen molar-refractivity contribution in [2.24, 2.45) is 5.73 Å². The fourth-order valence-electron chi connectivity index (χ4n) is 0.677. The summed E-state index contributed by atoms with van der Waals surface area (Å²) in [6.45, 7) is 0.420. The fraction of sp³-hybridized carbons (Fsp3) is 1.00. The molecule has 1 rings (SSSR count). The fourth-order valence-corrected chi connectivity index (χ4v) is 1.57. The van der Waals surface area contributed by atoms with Gasteiger partial charge >= 0.3 is 7.60 Å². The highest BCUT2D eigenvalue weighted by molar-refractivity contribution is 7.52. The molecule has 0 radical (unpaired) electrons. The molecule has 1 aliphatic rings. The van der Waals surface area contributed by atoms with Crippen molar-refractivity contribution in [2.75, 3.05) is 19.8 Å². The second-order valence-electron chi connectivity index (χ2n) is 3.66. The van der Waals surface area contributed by atoms with E-state index < -0.39 is 38.8 Å². The molecule has 1 heterocycles. The Hall–Kier alpha value is -0.0500. The molecule has 0 aliphatic carbocycles. The van der Waals surface area contributed by atoms with E-state index in [0.717, 1.165) is 0 Å². The maximum atomic E-state index is 10.2. The Bertz CT molecular complexity index is 243. The van der Waals surface area contributed by atoms with Gasteiger partial charge in [-0.25, -0.2) is 0 Å².